The van der Waals surface area contributed by atoms with Gasteiger partial charge in [0, 0.05) is 16.1 Å². The Balaban J connectivity index is 1.95. The maximum Gasteiger partial charge on any atom is 0.0351 e. The SMILES string of the molecule is CCCNCc1sc2cc3c(cc2c1C)CCC3. The van der Waals surface area contributed by atoms with Crippen LogP contribution in [-0.2, 0) is 19.4 Å². The summed E-state index contributed by atoms with van der Waals surface area (Å²) in [6, 6.07) is 4.89. The molecule has 96 valence electrons. The van der Waals surface area contributed by atoms with Crippen molar-refractivity contribution in [3.8, 4) is 0 Å². The highest BCUT2D eigenvalue weighted by atomic mass is 32.1. The second kappa shape index (κ2) is 5.02. The van der Waals surface area contributed by atoms with E-state index in [1.54, 1.807) is 11.1 Å². The molecular formula is C16H21NS. The van der Waals surface area contributed by atoms with Crippen LogP contribution >= 0.6 is 11.3 Å². The summed E-state index contributed by atoms with van der Waals surface area (Å²) in [7, 11) is 0. The van der Waals surface area contributed by atoms with E-state index in [-0.39, 0.29) is 0 Å². The molecule has 1 N–H and O–H groups in total. The predicted molar refractivity (Wildman–Crippen MR) is 80.6 cm³/mol. The van der Waals surface area contributed by atoms with Gasteiger partial charge in [-0.1, -0.05) is 6.92 Å². The number of nitrogens with one attached hydrogen (secondary N) is 1. The molecule has 0 fully saturated rings. The van der Waals surface area contributed by atoms with Gasteiger partial charge < -0.3 is 5.32 Å². The number of benzene rings is 1. The standard InChI is InChI=1S/C16H21NS/c1-3-7-17-10-16-11(2)14-8-12-5-4-6-13(12)9-15(14)18-16/h8-9,17H,3-7,10H2,1-2H3. The molecule has 1 aliphatic rings. The molecule has 3 rings (SSSR count). The first-order valence-electron chi connectivity index (χ1n) is 7.04. The third-order valence-electron chi connectivity index (χ3n) is 3.96. The maximum absolute atomic E-state index is 3.52. The van der Waals surface area contributed by atoms with Gasteiger partial charge in [0.05, 0.1) is 0 Å². The van der Waals surface area contributed by atoms with Crippen LogP contribution in [0.25, 0.3) is 10.1 Å². The summed E-state index contributed by atoms with van der Waals surface area (Å²) < 4.78 is 1.49. The third kappa shape index (κ3) is 2.08. The van der Waals surface area contributed by atoms with Gasteiger partial charge in [-0.15, -0.1) is 11.3 Å². The van der Waals surface area contributed by atoms with Gasteiger partial charge in [0.1, 0.15) is 0 Å². The van der Waals surface area contributed by atoms with Crippen molar-refractivity contribution in [1.82, 2.24) is 5.32 Å². The molecule has 0 unspecified atom stereocenters. The molecule has 0 saturated heterocycles. The fraction of sp³-hybridized carbons (Fsp3) is 0.500. The average molecular weight is 259 g/mol. The van der Waals surface area contributed by atoms with Crippen molar-refractivity contribution >= 4 is 21.4 Å². The molecule has 2 heteroatoms. The topological polar surface area (TPSA) is 12.0 Å². The Bertz CT molecular complexity index is 568. The minimum atomic E-state index is 1.03. The normalized spacial score (nSPS) is 14.3. The van der Waals surface area contributed by atoms with Gasteiger partial charge >= 0.3 is 0 Å². The Morgan fingerprint density at radius 1 is 1.22 bits per heavy atom. The van der Waals surface area contributed by atoms with Crippen LogP contribution in [0.3, 0.4) is 0 Å². The van der Waals surface area contributed by atoms with Crippen LogP contribution in [0.5, 0.6) is 0 Å². The smallest absolute Gasteiger partial charge is 0.0351 e. The van der Waals surface area contributed by atoms with Crippen molar-refractivity contribution in [3.05, 3.63) is 33.7 Å². The Labute approximate surface area is 113 Å². The molecule has 1 aromatic heterocycles. The molecule has 0 atom stereocenters. The van der Waals surface area contributed by atoms with E-state index in [2.05, 4.69) is 31.3 Å². The summed E-state index contributed by atoms with van der Waals surface area (Å²) in [5, 5.41) is 5.02. The highest BCUT2D eigenvalue weighted by Crippen LogP contribution is 2.35. The summed E-state index contributed by atoms with van der Waals surface area (Å²) in [5.74, 6) is 0. The zero-order valence-corrected chi connectivity index (χ0v) is 12.1. The number of fused-ring (bicyclic) bond motifs is 2. The van der Waals surface area contributed by atoms with E-state index in [9.17, 15) is 0 Å². The van der Waals surface area contributed by atoms with E-state index >= 15 is 0 Å². The van der Waals surface area contributed by atoms with Crippen LogP contribution < -0.4 is 5.32 Å². The Morgan fingerprint density at radius 2 is 2.00 bits per heavy atom. The molecule has 1 aliphatic carbocycles. The lowest BCUT2D eigenvalue weighted by Crippen LogP contribution is -2.13. The summed E-state index contributed by atoms with van der Waals surface area (Å²) >= 11 is 1.98. The molecule has 0 aliphatic heterocycles. The molecule has 0 amide bonds. The lowest BCUT2D eigenvalue weighted by atomic mass is 10.1. The molecule has 2 aromatic rings. The van der Waals surface area contributed by atoms with Crippen LogP contribution in [0.1, 0.15) is 41.3 Å². The predicted octanol–water partition coefficient (Wildman–Crippen LogP) is 4.20. The van der Waals surface area contributed by atoms with Gasteiger partial charge in [-0.25, -0.2) is 0 Å². The highest BCUT2D eigenvalue weighted by Gasteiger charge is 2.15. The largest absolute Gasteiger partial charge is 0.312 e. The second-order valence-corrected chi connectivity index (χ2v) is 6.43. The Morgan fingerprint density at radius 3 is 2.78 bits per heavy atom. The van der Waals surface area contributed by atoms with E-state index in [0.717, 1.165) is 13.1 Å². The van der Waals surface area contributed by atoms with Gasteiger partial charge in [0.2, 0.25) is 0 Å². The van der Waals surface area contributed by atoms with Crippen molar-refractivity contribution in [2.45, 2.75) is 46.1 Å². The van der Waals surface area contributed by atoms with Crippen LogP contribution in [0.4, 0.5) is 0 Å². The summed E-state index contributed by atoms with van der Waals surface area (Å²) in [4.78, 5) is 1.52. The first-order chi connectivity index (χ1) is 8.79. The number of hydrogen-bond donors (Lipinski definition) is 1. The molecule has 0 radical (unpaired) electrons. The van der Waals surface area contributed by atoms with E-state index < -0.39 is 0 Å². The van der Waals surface area contributed by atoms with E-state index in [0.29, 0.717) is 0 Å². The number of hydrogen-bond acceptors (Lipinski definition) is 2. The molecule has 0 bridgehead atoms. The Kier molecular flexibility index (Phi) is 3.40. The summed E-state index contributed by atoms with van der Waals surface area (Å²) in [5.41, 5.74) is 4.68. The maximum atomic E-state index is 3.52. The summed E-state index contributed by atoms with van der Waals surface area (Å²) in [6.45, 7) is 6.65. The van der Waals surface area contributed by atoms with Gasteiger partial charge in [0.25, 0.3) is 0 Å². The van der Waals surface area contributed by atoms with Crippen molar-refractivity contribution in [2.75, 3.05) is 6.54 Å². The fourth-order valence-electron chi connectivity index (χ4n) is 2.89. The molecule has 1 nitrogen and oxygen atoms in total. The van der Waals surface area contributed by atoms with Gasteiger partial charge in [-0.2, -0.15) is 0 Å². The van der Waals surface area contributed by atoms with Crippen LogP contribution in [-0.4, -0.2) is 6.54 Å². The van der Waals surface area contributed by atoms with E-state index in [4.69, 9.17) is 0 Å². The first-order valence-corrected chi connectivity index (χ1v) is 7.85. The first kappa shape index (κ1) is 12.2. The highest BCUT2D eigenvalue weighted by molar-refractivity contribution is 7.19. The number of rotatable bonds is 4. The van der Waals surface area contributed by atoms with Gasteiger partial charge in [-0.05, 0) is 73.4 Å². The van der Waals surface area contributed by atoms with Crippen LogP contribution in [0.15, 0.2) is 12.1 Å². The molecule has 1 aromatic carbocycles. The molecule has 0 spiro atoms. The average Bonchev–Trinajstić information content (AvgIpc) is 2.93. The molecular weight excluding hydrogens is 238 g/mol. The summed E-state index contributed by atoms with van der Waals surface area (Å²) in [6.07, 6.45) is 5.12. The monoisotopic (exact) mass is 259 g/mol. The van der Waals surface area contributed by atoms with E-state index in [1.807, 2.05) is 11.3 Å². The van der Waals surface area contributed by atoms with Crippen molar-refractivity contribution in [3.63, 3.8) is 0 Å². The van der Waals surface area contributed by atoms with Gasteiger partial charge in [-0.3, -0.25) is 0 Å². The number of aryl methyl sites for hydroxylation is 3. The van der Waals surface area contributed by atoms with Crippen molar-refractivity contribution < 1.29 is 0 Å². The van der Waals surface area contributed by atoms with Crippen LogP contribution in [0, 0.1) is 6.92 Å². The van der Waals surface area contributed by atoms with E-state index in [1.165, 1.54) is 46.2 Å². The minimum Gasteiger partial charge on any atom is -0.312 e. The molecule has 0 saturated carbocycles. The quantitative estimate of drug-likeness (QED) is 0.812. The molecule has 18 heavy (non-hydrogen) atoms. The zero-order chi connectivity index (χ0) is 12.5. The fourth-order valence-corrected chi connectivity index (χ4v) is 4.11. The number of thiophene rings is 1. The molecule has 1 heterocycles. The van der Waals surface area contributed by atoms with Crippen molar-refractivity contribution in [2.24, 2.45) is 0 Å². The van der Waals surface area contributed by atoms with Crippen molar-refractivity contribution in [1.29, 1.82) is 0 Å². The lowest BCUT2D eigenvalue weighted by molar-refractivity contribution is 0.680. The van der Waals surface area contributed by atoms with Gasteiger partial charge in [0.15, 0.2) is 0 Å². The zero-order valence-electron chi connectivity index (χ0n) is 11.3. The second-order valence-electron chi connectivity index (χ2n) is 5.30. The minimum absolute atomic E-state index is 1.03. The third-order valence-corrected chi connectivity index (χ3v) is 5.22. The lowest BCUT2D eigenvalue weighted by Gasteiger charge is -2.01. The van der Waals surface area contributed by atoms with Crippen LogP contribution in [0.2, 0.25) is 0 Å². The Hall–Kier alpha value is -0.860.